The van der Waals surface area contributed by atoms with E-state index in [1.807, 2.05) is 12.3 Å². The molecule has 0 N–H and O–H groups in total. The number of nitrogens with zero attached hydrogens (tertiary/aromatic N) is 3. The number of morpholine rings is 1. The number of hydrogen-bond donors (Lipinski definition) is 0. The highest BCUT2D eigenvalue weighted by atomic mass is 16.5. The zero-order valence-corrected chi connectivity index (χ0v) is 14.7. The molecule has 1 aliphatic rings. The quantitative estimate of drug-likeness (QED) is 0.815. The van der Waals surface area contributed by atoms with E-state index in [0.717, 1.165) is 50.6 Å². The van der Waals surface area contributed by atoms with Crippen molar-refractivity contribution in [1.29, 1.82) is 0 Å². The van der Waals surface area contributed by atoms with E-state index < -0.39 is 0 Å². The van der Waals surface area contributed by atoms with Crippen molar-refractivity contribution >= 4 is 0 Å². The van der Waals surface area contributed by atoms with Crippen molar-refractivity contribution in [3.8, 4) is 0 Å². The molecule has 4 nitrogen and oxygen atoms in total. The van der Waals surface area contributed by atoms with Crippen molar-refractivity contribution < 1.29 is 4.74 Å². The molecule has 1 aromatic carbocycles. The number of hydrogen-bond acceptors (Lipinski definition) is 4. The fraction of sp³-hybridized carbons (Fsp3) is 0.500. The molecule has 0 spiro atoms. The Balaban J connectivity index is 1.53. The summed E-state index contributed by atoms with van der Waals surface area (Å²) in [5.41, 5.74) is 2.49. The van der Waals surface area contributed by atoms with Gasteiger partial charge in [-0.1, -0.05) is 44.2 Å². The van der Waals surface area contributed by atoms with Crippen LogP contribution in [0.15, 0.2) is 42.6 Å². The van der Waals surface area contributed by atoms with Gasteiger partial charge in [-0.2, -0.15) is 0 Å². The van der Waals surface area contributed by atoms with Crippen LogP contribution in [-0.2, 0) is 17.7 Å². The molecule has 1 fully saturated rings. The maximum Gasteiger partial charge on any atom is 0.131 e. The summed E-state index contributed by atoms with van der Waals surface area (Å²) < 4.78 is 5.96. The van der Waals surface area contributed by atoms with Crippen LogP contribution in [0, 0.1) is 0 Å². The summed E-state index contributed by atoms with van der Waals surface area (Å²) in [6.45, 7) is 7.91. The summed E-state index contributed by atoms with van der Waals surface area (Å²) in [5.74, 6) is 1.30. The molecule has 0 bridgehead atoms. The predicted octanol–water partition coefficient (Wildman–Crippen LogP) is 3.43. The lowest BCUT2D eigenvalue weighted by Crippen LogP contribution is -2.42. The molecule has 2 aromatic rings. The average Bonchev–Trinajstić information content (AvgIpc) is 2.61. The predicted molar refractivity (Wildman–Crippen MR) is 95.9 cm³/mol. The van der Waals surface area contributed by atoms with E-state index in [1.165, 1.54) is 5.56 Å². The normalized spacial score (nSPS) is 18.9. The summed E-state index contributed by atoms with van der Waals surface area (Å²) in [5, 5.41) is 0. The molecule has 128 valence electrons. The van der Waals surface area contributed by atoms with Gasteiger partial charge in [-0.3, -0.25) is 4.90 Å². The van der Waals surface area contributed by atoms with Crippen LogP contribution in [0.4, 0.5) is 0 Å². The third kappa shape index (κ3) is 4.86. The third-order valence-corrected chi connectivity index (χ3v) is 4.45. The molecule has 0 unspecified atom stereocenters. The van der Waals surface area contributed by atoms with Crippen LogP contribution >= 0.6 is 0 Å². The fourth-order valence-electron chi connectivity index (χ4n) is 3.08. The van der Waals surface area contributed by atoms with Gasteiger partial charge in [0.15, 0.2) is 0 Å². The number of benzene rings is 1. The first-order valence-corrected chi connectivity index (χ1v) is 8.90. The van der Waals surface area contributed by atoms with Gasteiger partial charge in [0.05, 0.1) is 18.4 Å². The van der Waals surface area contributed by atoms with Crippen molar-refractivity contribution in [3.05, 3.63) is 59.7 Å². The van der Waals surface area contributed by atoms with Gasteiger partial charge in [-0.15, -0.1) is 0 Å². The summed E-state index contributed by atoms with van der Waals surface area (Å²) in [4.78, 5) is 11.5. The van der Waals surface area contributed by atoms with Crippen LogP contribution in [0.25, 0.3) is 0 Å². The Morgan fingerprint density at radius 2 is 2.04 bits per heavy atom. The van der Waals surface area contributed by atoms with Gasteiger partial charge in [0.1, 0.15) is 5.82 Å². The maximum atomic E-state index is 5.96. The van der Waals surface area contributed by atoms with Crippen LogP contribution in [0.2, 0.25) is 0 Å². The molecular weight excluding hydrogens is 298 g/mol. The lowest BCUT2D eigenvalue weighted by Gasteiger charge is -2.32. The molecule has 0 aliphatic carbocycles. The highest BCUT2D eigenvalue weighted by molar-refractivity contribution is 5.14. The Labute approximate surface area is 144 Å². The Hall–Kier alpha value is -1.78. The van der Waals surface area contributed by atoms with E-state index >= 15 is 0 Å². The molecule has 1 aliphatic heterocycles. The van der Waals surface area contributed by atoms with Crippen LogP contribution in [0.1, 0.15) is 43.3 Å². The topological polar surface area (TPSA) is 38.2 Å². The van der Waals surface area contributed by atoms with Gasteiger partial charge >= 0.3 is 0 Å². The Bertz CT molecular complexity index is 630. The second kappa shape index (κ2) is 8.36. The van der Waals surface area contributed by atoms with E-state index in [2.05, 4.69) is 54.1 Å². The van der Waals surface area contributed by atoms with Gasteiger partial charge in [0.2, 0.25) is 0 Å². The van der Waals surface area contributed by atoms with E-state index in [9.17, 15) is 0 Å². The smallest absolute Gasteiger partial charge is 0.131 e. The standard InChI is InChI=1S/C20H27N3O/c1-16(2)20-21-11-10-18(22-20)14-23-12-13-24-19(15-23)9-8-17-6-4-3-5-7-17/h3-7,10-11,16,19H,8-9,12-15H2,1-2H3/t19-/m1/s1. The number of rotatable bonds is 6. The average molecular weight is 325 g/mol. The molecule has 0 radical (unpaired) electrons. The maximum absolute atomic E-state index is 5.96. The van der Waals surface area contributed by atoms with E-state index in [-0.39, 0.29) is 0 Å². The van der Waals surface area contributed by atoms with Gasteiger partial charge in [0.25, 0.3) is 0 Å². The second-order valence-electron chi connectivity index (χ2n) is 6.81. The first-order valence-electron chi connectivity index (χ1n) is 8.90. The Morgan fingerprint density at radius 1 is 1.21 bits per heavy atom. The van der Waals surface area contributed by atoms with Gasteiger partial charge in [0, 0.05) is 31.7 Å². The molecule has 1 aromatic heterocycles. The number of aryl methyl sites for hydroxylation is 1. The molecule has 4 heteroatoms. The molecule has 0 saturated carbocycles. The summed E-state index contributed by atoms with van der Waals surface area (Å²) >= 11 is 0. The number of ether oxygens (including phenoxy) is 1. The molecule has 0 amide bonds. The van der Waals surface area contributed by atoms with E-state index in [1.54, 1.807) is 0 Å². The molecule has 2 heterocycles. The highest BCUT2D eigenvalue weighted by Crippen LogP contribution is 2.15. The van der Waals surface area contributed by atoms with E-state index in [4.69, 9.17) is 9.72 Å². The fourth-order valence-corrected chi connectivity index (χ4v) is 3.08. The van der Waals surface area contributed by atoms with Crippen LogP contribution in [-0.4, -0.2) is 40.7 Å². The molecule has 3 rings (SSSR count). The molecular formula is C20H27N3O. The Morgan fingerprint density at radius 3 is 2.83 bits per heavy atom. The van der Waals surface area contributed by atoms with Crippen molar-refractivity contribution in [2.45, 2.75) is 45.3 Å². The minimum Gasteiger partial charge on any atom is -0.376 e. The van der Waals surface area contributed by atoms with E-state index in [0.29, 0.717) is 12.0 Å². The molecule has 1 saturated heterocycles. The number of aromatic nitrogens is 2. The van der Waals surface area contributed by atoms with Crippen LogP contribution < -0.4 is 0 Å². The zero-order chi connectivity index (χ0) is 16.8. The summed E-state index contributed by atoms with van der Waals surface area (Å²) in [6, 6.07) is 12.7. The van der Waals surface area contributed by atoms with Crippen molar-refractivity contribution in [3.63, 3.8) is 0 Å². The first-order chi connectivity index (χ1) is 11.7. The third-order valence-electron chi connectivity index (χ3n) is 4.45. The van der Waals surface area contributed by atoms with Crippen molar-refractivity contribution in [2.24, 2.45) is 0 Å². The highest BCUT2D eigenvalue weighted by Gasteiger charge is 2.21. The zero-order valence-electron chi connectivity index (χ0n) is 14.7. The second-order valence-corrected chi connectivity index (χ2v) is 6.81. The molecule has 24 heavy (non-hydrogen) atoms. The van der Waals surface area contributed by atoms with Gasteiger partial charge in [-0.25, -0.2) is 9.97 Å². The Kier molecular flexibility index (Phi) is 5.94. The van der Waals surface area contributed by atoms with Gasteiger partial charge in [-0.05, 0) is 24.5 Å². The minimum absolute atomic E-state index is 0.311. The van der Waals surface area contributed by atoms with Crippen molar-refractivity contribution in [1.82, 2.24) is 14.9 Å². The summed E-state index contributed by atoms with van der Waals surface area (Å²) in [7, 11) is 0. The lowest BCUT2D eigenvalue weighted by atomic mass is 10.1. The van der Waals surface area contributed by atoms with Gasteiger partial charge < -0.3 is 4.74 Å². The summed E-state index contributed by atoms with van der Waals surface area (Å²) in [6.07, 6.45) is 4.34. The monoisotopic (exact) mass is 325 g/mol. The first kappa shape index (κ1) is 17.1. The largest absolute Gasteiger partial charge is 0.376 e. The lowest BCUT2D eigenvalue weighted by molar-refractivity contribution is -0.0349. The SMILES string of the molecule is CC(C)c1nccc(CN2CCO[C@H](CCc3ccccc3)C2)n1. The van der Waals surface area contributed by atoms with Crippen LogP contribution in [0.5, 0.6) is 0 Å². The molecule has 1 atom stereocenters. The van der Waals surface area contributed by atoms with Crippen molar-refractivity contribution in [2.75, 3.05) is 19.7 Å². The minimum atomic E-state index is 0.311. The van der Waals surface area contributed by atoms with Crippen LogP contribution in [0.3, 0.4) is 0 Å².